The number of hydrogen-bond acceptors (Lipinski definition) is 2. The van der Waals surface area contributed by atoms with E-state index in [4.69, 9.17) is 0 Å². The molecule has 0 atom stereocenters. The molecule has 0 radical (unpaired) electrons. The first-order valence-electron chi connectivity index (χ1n) is 3.16. The molecule has 1 aliphatic rings. The average Bonchev–Trinajstić information content (AvgIpc) is 2.34. The van der Waals surface area contributed by atoms with Gasteiger partial charge in [0.05, 0.1) is 22.9 Å². The summed E-state index contributed by atoms with van der Waals surface area (Å²) in [5, 5.41) is 4.21. The van der Waals surface area contributed by atoms with Crippen LogP contribution in [0.4, 0.5) is 0 Å². The molecule has 2 rings (SSSR count). The van der Waals surface area contributed by atoms with Gasteiger partial charge in [0.15, 0.2) is 0 Å². The maximum absolute atomic E-state index is 4.21. The molecule has 10 heavy (non-hydrogen) atoms. The van der Waals surface area contributed by atoms with E-state index in [9.17, 15) is 0 Å². The number of aryl methyl sites for hydroxylation is 1. The number of aromatic nitrogens is 2. The molecule has 54 valence electrons. The van der Waals surface area contributed by atoms with Gasteiger partial charge in [-0.15, -0.1) is 0 Å². The van der Waals surface area contributed by atoms with E-state index < -0.39 is 0 Å². The zero-order chi connectivity index (χ0) is 6.97. The van der Waals surface area contributed by atoms with Gasteiger partial charge in [-0.3, -0.25) is 4.68 Å². The van der Waals surface area contributed by atoms with Crippen LogP contribution in [0, 0.1) is 0 Å². The third-order valence-corrected chi connectivity index (χ3v) is 3.20. The van der Waals surface area contributed by atoms with Crippen molar-refractivity contribution >= 4 is 27.7 Å². The van der Waals surface area contributed by atoms with Gasteiger partial charge in [-0.2, -0.15) is 16.9 Å². The summed E-state index contributed by atoms with van der Waals surface area (Å²) in [6.07, 6.45) is 1.88. The Hall–Kier alpha value is 0.0400. The van der Waals surface area contributed by atoms with Crippen molar-refractivity contribution in [2.75, 3.05) is 5.75 Å². The second-order valence-electron chi connectivity index (χ2n) is 2.21. The van der Waals surface area contributed by atoms with Crippen LogP contribution in [-0.4, -0.2) is 15.5 Å². The summed E-state index contributed by atoms with van der Waals surface area (Å²) < 4.78 is 3.22. The van der Waals surface area contributed by atoms with E-state index in [0.717, 1.165) is 16.8 Å². The maximum Gasteiger partial charge on any atom is 0.0635 e. The first-order chi connectivity index (χ1) is 4.88. The Kier molecular flexibility index (Phi) is 1.74. The number of thioether (sulfide) groups is 1. The van der Waals surface area contributed by atoms with Crippen LogP contribution in [0.3, 0.4) is 0 Å². The third kappa shape index (κ3) is 0.992. The molecule has 1 aromatic heterocycles. The molecule has 4 heteroatoms. The molecule has 1 aliphatic heterocycles. The number of hydrogen-bond donors (Lipinski definition) is 0. The van der Waals surface area contributed by atoms with E-state index >= 15 is 0 Å². The Morgan fingerprint density at radius 2 is 2.60 bits per heavy atom. The van der Waals surface area contributed by atoms with Crippen LogP contribution in [0.25, 0.3) is 0 Å². The van der Waals surface area contributed by atoms with Crippen molar-refractivity contribution < 1.29 is 0 Å². The van der Waals surface area contributed by atoms with Gasteiger partial charge in [-0.1, -0.05) is 0 Å². The van der Waals surface area contributed by atoms with Crippen LogP contribution in [0.5, 0.6) is 0 Å². The lowest BCUT2D eigenvalue weighted by Crippen LogP contribution is -2.11. The van der Waals surface area contributed by atoms with E-state index in [1.165, 1.54) is 11.4 Å². The summed E-state index contributed by atoms with van der Waals surface area (Å²) in [7, 11) is 0. The summed E-state index contributed by atoms with van der Waals surface area (Å²) in [4.78, 5) is 0. The fraction of sp³-hybridized carbons (Fsp3) is 0.500. The van der Waals surface area contributed by atoms with E-state index in [1.807, 2.05) is 18.0 Å². The molecule has 0 spiro atoms. The lowest BCUT2D eigenvalue weighted by molar-refractivity contribution is 0.632. The molecule has 0 bridgehead atoms. The van der Waals surface area contributed by atoms with Crippen molar-refractivity contribution in [2.24, 2.45) is 0 Å². The van der Waals surface area contributed by atoms with Gasteiger partial charge < -0.3 is 0 Å². The summed E-state index contributed by atoms with van der Waals surface area (Å²) >= 11 is 5.42. The Bertz CT molecular complexity index is 246. The van der Waals surface area contributed by atoms with Crippen LogP contribution in [0.15, 0.2) is 10.7 Å². The van der Waals surface area contributed by atoms with Gasteiger partial charge in [0.1, 0.15) is 0 Å². The number of fused-ring (bicyclic) bond motifs is 1. The van der Waals surface area contributed by atoms with E-state index in [2.05, 4.69) is 25.7 Å². The van der Waals surface area contributed by atoms with Crippen LogP contribution in [0.2, 0.25) is 0 Å². The Morgan fingerprint density at radius 3 is 3.40 bits per heavy atom. The van der Waals surface area contributed by atoms with Crippen molar-refractivity contribution in [2.45, 2.75) is 12.3 Å². The van der Waals surface area contributed by atoms with Gasteiger partial charge in [-0.05, 0) is 15.9 Å². The molecule has 0 saturated carbocycles. The van der Waals surface area contributed by atoms with Gasteiger partial charge in [-0.25, -0.2) is 0 Å². The van der Waals surface area contributed by atoms with Crippen molar-refractivity contribution in [3.05, 3.63) is 16.4 Å². The van der Waals surface area contributed by atoms with Crippen LogP contribution in [0.1, 0.15) is 5.69 Å². The number of nitrogens with zero attached hydrogens (tertiary/aromatic N) is 2. The van der Waals surface area contributed by atoms with Crippen molar-refractivity contribution in [1.82, 2.24) is 9.78 Å². The molecule has 1 aromatic rings. The minimum atomic E-state index is 1.06. The largest absolute Gasteiger partial charge is 0.267 e. The SMILES string of the molecule is Brc1cnn2c1CSCC2. The highest BCUT2D eigenvalue weighted by Crippen LogP contribution is 2.25. The standard InChI is InChI=1S/C6H7BrN2S/c7-5-3-8-9-1-2-10-4-6(5)9/h3H,1-2,4H2. The molecule has 2 nitrogen and oxygen atoms in total. The highest BCUT2D eigenvalue weighted by Gasteiger charge is 2.12. The van der Waals surface area contributed by atoms with E-state index in [-0.39, 0.29) is 0 Å². The van der Waals surface area contributed by atoms with Gasteiger partial charge in [0.25, 0.3) is 0 Å². The monoisotopic (exact) mass is 218 g/mol. The predicted octanol–water partition coefficient (Wildman–Crippen LogP) is 1.89. The van der Waals surface area contributed by atoms with Crippen molar-refractivity contribution in [3.63, 3.8) is 0 Å². The first kappa shape index (κ1) is 6.73. The molecule has 2 heterocycles. The van der Waals surface area contributed by atoms with Gasteiger partial charge in [0.2, 0.25) is 0 Å². The Labute approximate surface area is 72.1 Å². The smallest absolute Gasteiger partial charge is 0.0635 e. The highest BCUT2D eigenvalue weighted by atomic mass is 79.9. The molecular weight excluding hydrogens is 212 g/mol. The summed E-state index contributed by atoms with van der Waals surface area (Å²) in [5.41, 5.74) is 1.33. The normalized spacial score (nSPS) is 16.9. The molecule has 0 fully saturated rings. The predicted molar refractivity (Wildman–Crippen MR) is 46.1 cm³/mol. The average molecular weight is 219 g/mol. The van der Waals surface area contributed by atoms with Gasteiger partial charge in [0, 0.05) is 11.5 Å². The maximum atomic E-state index is 4.21. The third-order valence-electron chi connectivity index (χ3n) is 1.58. The highest BCUT2D eigenvalue weighted by molar-refractivity contribution is 9.10. The second kappa shape index (κ2) is 2.58. The van der Waals surface area contributed by atoms with Crippen molar-refractivity contribution in [3.8, 4) is 0 Å². The topological polar surface area (TPSA) is 17.8 Å². The van der Waals surface area contributed by atoms with Crippen molar-refractivity contribution in [1.29, 1.82) is 0 Å². The molecule has 0 amide bonds. The minimum Gasteiger partial charge on any atom is -0.267 e. The molecule has 0 N–H and O–H groups in total. The Balaban J connectivity index is 2.45. The zero-order valence-corrected chi connectivity index (χ0v) is 7.78. The molecule has 0 unspecified atom stereocenters. The quantitative estimate of drug-likeness (QED) is 0.663. The second-order valence-corrected chi connectivity index (χ2v) is 4.17. The summed E-state index contributed by atoms with van der Waals surface area (Å²) in [6.45, 7) is 1.06. The van der Waals surface area contributed by atoms with Crippen LogP contribution >= 0.6 is 27.7 Å². The molecule has 0 aliphatic carbocycles. The van der Waals surface area contributed by atoms with Gasteiger partial charge >= 0.3 is 0 Å². The van der Waals surface area contributed by atoms with E-state index in [1.54, 1.807) is 0 Å². The number of halogens is 1. The first-order valence-corrected chi connectivity index (χ1v) is 5.10. The minimum absolute atomic E-state index is 1.06. The molecule has 0 saturated heterocycles. The fourth-order valence-corrected chi connectivity index (χ4v) is 2.61. The van der Waals surface area contributed by atoms with E-state index in [0.29, 0.717) is 0 Å². The Morgan fingerprint density at radius 1 is 1.70 bits per heavy atom. The lowest BCUT2D eigenvalue weighted by atomic mass is 10.5. The molecular formula is C6H7BrN2S. The van der Waals surface area contributed by atoms with Crippen LogP contribution < -0.4 is 0 Å². The van der Waals surface area contributed by atoms with Crippen LogP contribution in [-0.2, 0) is 12.3 Å². The lowest BCUT2D eigenvalue weighted by Gasteiger charge is -2.12. The summed E-state index contributed by atoms with van der Waals surface area (Å²) in [6, 6.07) is 0. The summed E-state index contributed by atoms with van der Waals surface area (Å²) in [5.74, 6) is 2.29. The number of rotatable bonds is 0. The zero-order valence-electron chi connectivity index (χ0n) is 5.38. The fourth-order valence-electron chi connectivity index (χ4n) is 1.04. The molecule has 0 aromatic carbocycles.